The molecule has 0 saturated heterocycles. The van der Waals surface area contributed by atoms with Gasteiger partial charge in [0.1, 0.15) is 11.1 Å². The number of hydrogen-bond donors (Lipinski definition) is 2. The van der Waals surface area contributed by atoms with Gasteiger partial charge in [0.25, 0.3) is 11.5 Å². The van der Waals surface area contributed by atoms with Crippen molar-refractivity contribution in [1.29, 1.82) is 0 Å². The Balaban J connectivity index is 2.23. The van der Waals surface area contributed by atoms with E-state index in [0.29, 0.717) is 11.6 Å². The van der Waals surface area contributed by atoms with Crippen LogP contribution >= 0.6 is 0 Å². The fraction of sp³-hybridized carbons (Fsp3) is 0.450. The van der Waals surface area contributed by atoms with Crippen LogP contribution in [-0.4, -0.2) is 39.0 Å². The van der Waals surface area contributed by atoms with Crippen LogP contribution in [0.4, 0.5) is 14.7 Å². The van der Waals surface area contributed by atoms with Crippen molar-refractivity contribution >= 4 is 17.0 Å². The number of rotatable bonds is 6. The Labute approximate surface area is 167 Å². The van der Waals surface area contributed by atoms with Gasteiger partial charge in [0, 0.05) is 26.6 Å². The van der Waals surface area contributed by atoms with Gasteiger partial charge in [-0.2, -0.15) is 10.1 Å². The van der Waals surface area contributed by atoms with Crippen LogP contribution in [0.25, 0.3) is 11.0 Å². The molecule has 0 bridgehead atoms. The molecule has 3 rings (SSSR count). The van der Waals surface area contributed by atoms with Crippen LogP contribution in [0.3, 0.4) is 0 Å². The topological polar surface area (TPSA) is 87.0 Å². The summed E-state index contributed by atoms with van der Waals surface area (Å²) in [7, 11) is 3.50. The number of aliphatic hydroxyl groups is 1. The van der Waals surface area contributed by atoms with Gasteiger partial charge in [-0.15, -0.1) is 0 Å². The standard InChI is InChI=1S/C20H25F2N5O2/c1-11(2)16(12-6-8-13(9-7-12)20(3,21)22)27-17-15(14(10-28)25-27)18(29)24-19(23-17)26(4)5/h6-9,11,16,28H,10H2,1-5H3,(H,23,24,29)/t16-/m0/s1. The summed E-state index contributed by atoms with van der Waals surface area (Å²) in [6.07, 6.45) is 0. The van der Waals surface area contributed by atoms with E-state index in [1.165, 1.54) is 12.1 Å². The lowest BCUT2D eigenvalue weighted by Gasteiger charge is -2.23. The average molecular weight is 405 g/mol. The van der Waals surface area contributed by atoms with E-state index in [2.05, 4.69) is 15.1 Å². The molecule has 0 aliphatic heterocycles. The minimum absolute atomic E-state index is 0.0153. The van der Waals surface area contributed by atoms with E-state index in [4.69, 9.17) is 0 Å². The van der Waals surface area contributed by atoms with Crippen LogP contribution in [0.5, 0.6) is 0 Å². The number of anilines is 1. The third-order valence-electron chi connectivity index (χ3n) is 4.85. The third-order valence-corrected chi connectivity index (χ3v) is 4.85. The summed E-state index contributed by atoms with van der Waals surface area (Å²) in [5.74, 6) is -2.55. The Kier molecular flexibility index (Phi) is 5.44. The average Bonchev–Trinajstić information content (AvgIpc) is 3.00. The molecule has 9 heteroatoms. The predicted molar refractivity (Wildman–Crippen MR) is 107 cm³/mol. The maximum Gasteiger partial charge on any atom is 0.270 e. The summed E-state index contributed by atoms with van der Waals surface area (Å²) in [4.78, 5) is 21.5. The van der Waals surface area contributed by atoms with E-state index in [1.807, 2.05) is 13.8 Å². The minimum Gasteiger partial charge on any atom is -0.390 e. The highest BCUT2D eigenvalue weighted by molar-refractivity contribution is 5.78. The Morgan fingerprint density at radius 1 is 1.24 bits per heavy atom. The number of nitrogens with one attached hydrogen (secondary N) is 1. The molecule has 0 spiro atoms. The van der Waals surface area contributed by atoms with Gasteiger partial charge in [0.05, 0.1) is 12.6 Å². The number of aliphatic hydroxyl groups excluding tert-OH is 1. The first-order valence-corrected chi connectivity index (χ1v) is 9.32. The van der Waals surface area contributed by atoms with Crippen molar-refractivity contribution in [3.63, 3.8) is 0 Å². The third kappa shape index (κ3) is 3.87. The summed E-state index contributed by atoms with van der Waals surface area (Å²) >= 11 is 0. The molecule has 0 radical (unpaired) electrons. The van der Waals surface area contributed by atoms with Crippen LogP contribution in [0.2, 0.25) is 0 Å². The molecule has 0 fully saturated rings. The molecule has 0 saturated carbocycles. The van der Waals surface area contributed by atoms with Gasteiger partial charge in [0.15, 0.2) is 5.65 Å². The molecule has 29 heavy (non-hydrogen) atoms. The lowest BCUT2D eigenvalue weighted by Crippen LogP contribution is -2.22. The van der Waals surface area contributed by atoms with E-state index in [9.17, 15) is 18.7 Å². The van der Waals surface area contributed by atoms with E-state index < -0.39 is 18.1 Å². The van der Waals surface area contributed by atoms with E-state index >= 15 is 0 Å². The maximum absolute atomic E-state index is 13.6. The first-order valence-electron chi connectivity index (χ1n) is 9.32. The molecule has 7 nitrogen and oxygen atoms in total. The molecule has 0 amide bonds. The predicted octanol–water partition coefficient (Wildman–Crippen LogP) is 3.04. The lowest BCUT2D eigenvalue weighted by atomic mass is 9.94. The Bertz CT molecular complexity index is 1070. The fourth-order valence-electron chi connectivity index (χ4n) is 3.40. The zero-order valence-electron chi connectivity index (χ0n) is 17.1. The number of fused-ring (bicyclic) bond motifs is 1. The molecular weight excluding hydrogens is 380 g/mol. The molecule has 0 unspecified atom stereocenters. The van der Waals surface area contributed by atoms with Gasteiger partial charge in [0.2, 0.25) is 5.95 Å². The van der Waals surface area contributed by atoms with Crippen LogP contribution in [0.15, 0.2) is 29.1 Å². The van der Waals surface area contributed by atoms with Gasteiger partial charge in [-0.3, -0.25) is 9.78 Å². The highest BCUT2D eigenvalue weighted by Gasteiger charge is 2.28. The van der Waals surface area contributed by atoms with E-state index in [-0.39, 0.29) is 28.6 Å². The van der Waals surface area contributed by atoms with Crippen molar-refractivity contribution in [3.05, 3.63) is 51.4 Å². The summed E-state index contributed by atoms with van der Waals surface area (Å²) in [6.45, 7) is 4.38. The Hall–Kier alpha value is -2.81. The summed E-state index contributed by atoms with van der Waals surface area (Å²) < 4.78 is 28.8. The number of alkyl halides is 2. The summed E-state index contributed by atoms with van der Waals surface area (Å²) in [5, 5.41) is 14.4. The molecule has 156 valence electrons. The van der Waals surface area contributed by atoms with E-state index in [1.54, 1.807) is 35.8 Å². The second-order valence-corrected chi connectivity index (χ2v) is 7.73. The van der Waals surface area contributed by atoms with Crippen molar-refractivity contribution in [3.8, 4) is 0 Å². The fourth-order valence-corrected chi connectivity index (χ4v) is 3.40. The van der Waals surface area contributed by atoms with Gasteiger partial charge in [-0.05, 0) is 11.5 Å². The Morgan fingerprint density at radius 2 is 1.86 bits per heavy atom. The number of benzene rings is 1. The first kappa shape index (κ1) is 20.9. The van der Waals surface area contributed by atoms with Crippen molar-refractivity contribution < 1.29 is 13.9 Å². The van der Waals surface area contributed by atoms with Crippen LogP contribution in [0.1, 0.15) is 43.6 Å². The number of nitrogens with zero attached hydrogens (tertiary/aromatic N) is 4. The van der Waals surface area contributed by atoms with E-state index in [0.717, 1.165) is 12.5 Å². The molecule has 0 aliphatic rings. The largest absolute Gasteiger partial charge is 0.390 e. The smallest absolute Gasteiger partial charge is 0.270 e. The van der Waals surface area contributed by atoms with Crippen LogP contribution in [0, 0.1) is 5.92 Å². The van der Waals surface area contributed by atoms with Crippen molar-refractivity contribution in [1.82, 2.24) is 19.7 Å². The SMILES string of the molecule is CC(C)[C@@H](c1ccc(C(C)(F)F)cc1)n1nc(CO)c2c(=O)[nH]c(N(C)C)nc21. The number of aromatic amines is 1. The molecule has 2 heterocycles. The number of aromatic nitrogens is 4. The molecule has 1 atom stereocenters. The molecule has 3 aromatic rings. The molecule has 2 aromatic heterocycles. The van der Waals surface area contributed by atoms with Gasteiger partial charge < -0.3 is 10.0 Å². The van der Waals surface area contributed by atoms with Crippen LogP contribution in [-0.2, 0) is 12.5 Å². The van der Waals surface area contributed by atoms with Crippen LogP contribution < -0.4 is 10.5 Å². The monoisotopic (exact) mass is 405 g/mol. The minimum atomic E-state index is -2.93. The number of halogens is 2. The quantitative estimate of drug-likeness (QED) is 0.658. The Morgan fingerprint density at radius 3 is 2.34 bits per heavy atom. The zero-order valence-corrected chi connectivity index (χ0v) is 17.1. The number of H-pyrrole nitrogens is 1. The highest BCUT2D eigenvalue weighted by Crippen LogP contribution is 2.32. The molecular formula is C20H25F2N5O2. The second-order valence-electron chi connectivity index (χ2n) is 7.73. The van der Waals surface area contributed by atoms with Crippen molar-refractivity contribution in [2.45, 2.75) is 39.3 Å². The second kappa shape index (κ2) is 7.55. The van der Waals surface area contributed by atoms with Gasteiger partial charge in [-0.1, -0.05) is 38.1 Å². The van der Waals surface area contributed by atoms with Gasteiger partial charge in [-0.25, -0.2) is 13.5 Å². The molecule has 2 N–H and O–H groups in total. The first-order chi connectivity index (χ1) is 13.5. The van der Waals surface area contributed by atoms with Crippen molar-refractivity contribution in [2.24, 2.45) is 5.92 Å². The normalized spacial score (nSPS) is 13.3. The summed E-state index contributed by atoms with van der Waals surface area (Å²) in [6, 6.07) is 5.72. The zero-order chi connectivity index (χ0) is 21.5. The lowest BCUT2D eigenvalue weighted by molar-refractivity contribution is 0.0174. The van der Waals surface area contributed by atoms with Gasteiger partial charge >= 0.3 is 0 Å². The maximum atomic E-state index is 13.6. The molecule has 1 aromatic carbocycles. The number of hydrogen-bond acceptors (Lipinski definition) is 5. The molecule has 0 aliphatic carbocycles. The highest BCUT2D eigenvalue weighted by atomic mass is 19.3. The van der Waals surface area contributed by atoms with Crippen molar-refractivity contribution in [2.75, 3.05) is 19.0 Å². The summed E-state index contributed by atoms with van der Waals surface area (Å²) in [5.41, 5.74) is 0.856.